The Morgan fingerprint density at radius 2 is 1.53 bits per heavy atom. The third kappa shape index (κ3) is 6.98. The van der Waals surface area contributed by atoms with E-state index in [1.54, 1.807) is 0 Å². The van der Waals surface area contributed by atoms with Crippen molar-refractivity contribution < 1.29 is 22.8 Å². The van der Waals surface area contributed by atoms with Crippen molar-refractivity contribution in [1.82, 2.24) is 20.4 Å². The number of imide groups is 1. The maximum Gasteiger partial charge on any atom is 0.416 e. The largest absolute Gasteiger partial charge is 0.416 e. The second-order valence-corrected chi connectivity index (χ2v) is 8.10. The molecule has 166 valence electrons. The van der Waals surface area contributed by atoms with Crippen LogP contribution < -0.4 is 10.6 Å². The van der Waals surface area contributed by atoms with Gasteiger partial charge in [0.2, 0.25) is 5.91 Å². The van der Waals surface area contributed by atoms with Crippen LogP contribution in [-0.2, 0) is 17.5 Å². The van der Waals surface area contributed by atoms with Gasteiger partial charge in [-0.15, -0.1) is 0 Å². The molecule has 0 spiro atoms. The first-order valence-corrected chi connectivity index (χ1v) is 10.5. The molecule has 1 saturated heterocycles. The molecule has 2 aliphatic rings. The van der Waals surface area contributed by atoms with E-state index in [0.29, 0.717) is 32.7 Å². The first kappa shape index (κ1) is 22.6. The lowest BCUT2D eigenvalue weighted by Crippen LogP contribution is -2.51. The number of rotatable bonds is 5. The summed E-state index contributed by atoms with van der Waals surface area (Å²) in [5, 5.41) is 5.27. The molecule has 1 aromatic rings. The van der Waals surface area contributed by atoms with E-state index in [4.69, 9.17) is 0 Å². The molecule has 3 amide bonds. The summed E-state index contributed by atoms with van der Waals surface area (Å²) in [6.45, 7) is 3.48. The summed E-state index contributed by atoms with van der Waals surface area (Å²) in [6, 6.07) is 4.96. The van der Waals surface area contributed by atoms with Crippen LogP contribution in [0.3, 0.4) is 0 Å². The fraction of sp³-hybridized carbons (Fsp3) is 0.619. The Kier molecular flexibility index (Phi) is 7.71. The lowest BCUT2D eigenvalue weighted by atomic mass is 9.96. The van der Waals surface area contributed by atoms with Crippen molar-refractivity contribution in [2.75, 3.05) is 32.7 Å². The summed E-state index contributed by atoms with van der Waals surface area (Å²) in [5.41, 5.74) is 0.184. The molecule has 1 heterocycles. The highest BCUT2D eigenvalue weighted by Gasteiger charge is 2.30. The second-order valence-electron chi connectivity index (χ2n) is 8.10. The van der Waals surface area contributed by atoms with Crippen molar-refractivity contribution in [3.63, 3.8) is 0 Å². The smallest absolute Gasteiger partial charge is 0.335 e. The molecular weight excluding hydrogens is 397 g/mol. The van der Waals surface area contributed by atoms with Crippen molar-refractivity contribution >= 4 is 11.9 Å². The first-order valence-electron chi connectivity index (χ1n) is 10.5. The number of benzene rings is 1. The summed E-state index contributed by atoms with van der Waals surface area (Å²) in [6.07, 6.45) is 1.01. The van der Waals surface area contributed by atoms with Gasteiger partial charge in [-0.2, -0.15) is 13.2 Å². The lowest BCUT2D eigenvalue weighted by Gasteiger charge is -2.34. The molecule has 1 aliphatic carbocycles. The highest BCUT2D eigenvalue weighted by molar-refractivity contribution is 5.95. The first-order chi connectivity index (χ1) is 14.3. The van der Waals surface area contributed by atoms with Crippen LogP contribution in [0.15, 0.2) is 24.3 Å². The number of halogens is 3. The number of nitrogens with zero attached hydrogens (tertiary/aromatic N) is 2. The van der Waals surface area contributed by atoms with Gasteiger partial charge in [0.1, 0.15) is 0 Å². The van der Waals surface area contributed by atoms with Gasteiger partial charge in [0.15, 0.2) is 0 Å². The number of amides is 3. The van der Waals surface area contributed by atoms with Crippen LogP contribution >= 0.6 is 0 Å². The van der Waals surface area contributed by atoms with E-state index in [9.17, 15) is 22.8 Å². The van der Waals surface area contributed by atoms with Gasteiger partial charge in [0.05, 0.1) is 12.1 Å². The van der Waals surface area contributed by atoms with E-state index < -0.39 is 17.8 Å². The molecule has 2 N–H and O–H groups in total. The van der Waals surface area contributed by atoms with Crippen LogP contribution in [0.4, 0.5) is 18.0 Å². The van der Waals surface area contributed by atoms with Gasteiger partial charge in [0.25, 0.3) is 0 Å². The maximum atomic E-state index is 12.6. The molecule has 2 fully saturated rings. The number of urea groups is 1. The molecular formula is C21H29F3N4O2. The fourth-order valence-electron chi connectivity index (χ4n) is 4.00. The second kappa shape index (κ2) is 10.3. The standard InChI is InChI=1S/C21H29F3N4O2/c22-21(23,24)17-8-6-16(7-9-17)14-27-10-12-28(13-11-27)15-19(29)26-20(30)25-18-4-2-1-3-5-18/h6-9,18H,1-5,10-15H2,(H2,25,26,29,30). The summed E-state index contributed by atoms with van der Waals surface area (Å²) in [5.74, 6) is -0.320. The number of alkyl halides is 3. The van der Waals surface area contributed by atoms with Crippen molar-refractivity contribution in [2.24, 2.45) is 0 Å². The van der Waals surface area contributed by atoms with E-state index >= 15 is 0 Å². The zero-order chi connectivity index (χ0) is 21.6. The molecule has 30 heavy (non-hydrogen) atoms. The third-order valence-electron chi connectivity index (χ3n) is 5.71. The Hall–Kier alpha value is -2.13. The molecule has 0 bridgehead atoms. The summed E-state index contributed by atoms with van der Waals surface area (Å²) >= 11 is 0. The zero-order valence-electron chi connectivity index (χ0n) is 17.0. The molecule has 6 nitrogen and oxygen atoms in total. The maximum absolute atomic E-state index is 12.6. The molecule has 3 rings (SSSR count). The van der Waals surface area contributed by atoms with Crippen LogP contribution in [0.1, 0.15) is 43.2 Å². The van der Waals surface area contributed by atoms with Crippen LogP contribution in [0.25, 0.3) is 0 Å². The minimum atomic E-state index is -4.32. The average Bonchev–Trinajstić information content (AvgIpc) is 2.70. The fourth-order valence-corrected chi connectivity index (χ4v) is 4.00. The van der Waals surface area contributed by atoms with Crippen molar-refractivity contribution in [1.29, 1.82) is 0 Å². The van der Waals surface area contributed by atoms with Crippen LogP contribution in [0, 0.1) is 0 Å². The van der Waals surface area contributed by atoms with Gasteiger partial charge < -0.3 is 5.32 Å². The van der Waals surface area contributed by atoms with E-state index in [1.807, 2.05) is 4.90 Å². The topological polar surface area (TPSA) is 64.7 Å². The molecule has 1 aromatic carbocycles. The van der Waals surface area contributed by atoms with Gasteiger partial charge in [0, 0.05) is 38.8 Å². The van der Waals surface area contributed by atoms with E-state index in [2.05, 4.69) is 15.5 Å². The summed E-state index contributed by atoms with van der Waals surface area (Å²) in [4.78, 5) is 28.2. The predicted octanol–water partition coefficient (Wildman–Crippen LogP) is 2.98. The summed E-state index contributed by atoms with van der Waals surface area (Å²) in [7, 11) is 0. The van der Waals surface area contributed by atoms with Gasteiger partial charge in [-0.25, -0.2) is 4.79 Å². The predicted molar refractivity (Wildman–Crippen MR) is 107 cm³/mol. The van der Waals surface area contributed by atoms with Crippen LogP contribution in [0.5, 0.6) is 0 Å². The highest BCUT2D eigenvalue weighted by atomic mass is 19.4. The van der Waals surface area contributed by atoms with Crippen molar-refractivity contribution in [2.45, 2.75) is 50.9 Å². The Bertz CT molecular complexity index is 710. The van der Waals surface area contributed by atoms with Crippen LogP contribution in [0.2, 0.25) is 0 Å². The molecule has 0 atom stereocenters. The average molecular weight is 426 g/mol. The Morgan fingerprint density at radius 1 is 0.933 bits per heavy atom. The lowest BCUT2D eigenvalue weighted by molar-refractivity contribution is -0.137. The molecule has 0 unspecified atom stereocenters. The molecule has 1 aliphatic heterocycles. The van der Waals surface area contributed by atoms with E-state index in [1.165, 1.54) is 18.6 Å². The normalized spacial score (nSPS) is 19.4. The molecule has 0 radical (unpaired) electrons. The van der Waals surface area contributed by atoms with Gasteiger partial charge in [-0.3, -0.25) is 19.9 Å². The Morgan fingerprint density at radius 3 is 2.13 bits per heavy atom. The number of piperazine rings is 1. The Balaban J connectivity index is 1.35. The Labute approximate surface area is 174 Å². The molecule has 1 saturated carbocycles. The number of carbonyl (C=O) groups is 2. The monoisotopic (exact) mass is 426 g/mol. The minimum absolute atomic E-state index is 0.153. The van der Waals surface area contributed by atoms with Crippen LogP contribution in [-0.4, -0.2) is 60.5 Å². The van der Waals surface area contributed by atoms with Crippen molar-refractivity contribution in [3.05, 3.63) is 35.4 Å². The molecule has 0 aromatic heterocycles. The third-order valence-corrected chi connectivity index (χ3v) is 5.71. The van der Waals surface area contributed by atoms with Gasteiger partial charge in [-0.1, -0.05) is 31.4 Å². The van der Waals surface area contributed by atoms with Gasteiger partial charge in [-0.05, 0) is 30.5 Å². The quantitative estimate of drug-likeness (QED) is 0.760. The SMILES string of the molecule is O=C(CN1CCN(Cc2ccc(C(F)(F)F)cc2)CC1)NC(=O)NC1CCCCC1. The molecule has 9 heteroatoms. The number of nitrogens with one attached hydrogen (secondary N) is 2. The number of carbonyl (C=O) groups excluding carboxylic acids is 2. The number of hydrogen-bond acceptors (Lipinski definition) is 4. The summed E-state index contributed by atoms with van der Waals surface area (Å²) < 4.78 is 37.9. The van der Waals surface area contributed by atoms with E-state index in [-0.39, 0.29) is 18.5 Å². The van der Waals surface area contributed by atoms with Gasteiger partial charge >= 0.3 is 12.2 Å². The minimum Gasteiger partial charge on any atom is -0.335 e. The van der Waals surface area contributed by atoms with Crippen molar-refractivity contribution in [3.8, 4) is 0 Å². The zero-order valence-corrected chi connectivity index (χ0v) is 17.0. The number of hydrogen-bond donors (Lipinski definition) is 2. The van der Waals surface area contributed by atoms with E-state index in [0.717, 1.165) is 43.4 Å². The highest BCUT2D eigenvalue weighted by Crippen LogP contribution is 2.29.